The van der Waals surface area contributed by atoms with Crippen LogP contribution in [0.2, 0.25) is 0 Å². The van der Waals surface area contributed by atoms with Crippen molar-refractivity contribution in [3.63, 3.8) is 0 Å². The van der Waals surface area contributed by atoms with E-state index >= 15 is 0 Å². The Kier molecular flexibility index (Phi) is 6.10. The van der Waals surface area contributed by atoms with Crippen molar-refractivity contribution in [2.75, 3.05) is 17.2 Å². The maximum absolute atomic E-state index is 13.0. The van der Waals surface area contributed by atoms with Gasteiger partial charge in [0.1, 0.15) is 0 Å². The Balaban J connectivity index is 1.52. The first kappa shape index (κ1) is 20.1. The molecule has 0 saturated heterocycles. The number of hydrogen-bond acceptors (Lipinski definition) is 6. The standard InChI is InChI=1S/C22H22N6OS/c1-16-5-7-18(8-6-16)27(13-3-11-23)20(29)15-30-22-26-25-21(28(22)19-9-10-19)17-4-2-12-24-14-17/h2,4-8,12,14,19H,3,9-10,13,15H2,1H3. The molecule has 1 saturated carbocycles. The van der Waals surface area contributed by atoms with Gasteiger partial charge in [-0.05, 0) is 44.0 Å². The summed E-state index contributed by atoms with van der Waals surface area (Å²) >= 11 is 1.39. The van der Waals surface area contributed by atoms with Crippen LogP contribution in [0.4, 0.5) is 5.69 Å². The lowest BCUT2D eigenvalue weighted by molar-refractivity contribution is -0.116. The van der Waals surface area contributed by atoms with E-state index in [1.54, 1.807) is 17.3 Å². The van der Waals surface area contributed by atoms with Crippen molar-refractivity contribution in [2.45, 2.75) is 37.4 Å². The van der Waals surface area contributed by atoms with Crippen LogP contribution >= 0.6 is 11.8 Å². The van der Waals surface area contributed by atoms with Crippen molar-refractivity contribution in [1.82, 2.24) is 19.7 Å². The quantitative estimate of drug-likeness (QED) is 0.514. The number of thioether (sulfide) groups is 1. The van der Waals surface area contributed by atoms with Crippen LogP contribution < -0.4 is 4.90 Å². The first-order chi connectivity index (χ1) is 14.7. The maximum atomic E-state index is 13.0. The summed E-state index contributed by atoms with van der Waals surface area (Å²) in [5.74, 6) is 0.977. The fourth-order valence-corrected chi connectivity index (χ4v) is 4.10. The minimum Gasteiger partial charge on any atom is -0.311 e. The zero-order chi connectivity index (χ0) is 20.9. The van der Waals surface area contributed by atoms with E-state index in [0.717, 1.165) is 40.6 Å². The van der Waals surface area contributed by atoms with Crippen LogP contribution in [-0.2, 0) is 4.79 Å². The molecule has 1 aliphatic rings. The summed E-state index contributed by atoms with van der Waals surface area (Å²) in [5.41, 5.74) is 2.85. The summed E-state index contributed by atoms with van der Waals surface area (Å²) in [6.45, 7) is 2.38. The van der Waals surface area contributed by atoms with Gasteiger partial charge in [0, 0.05) is 36.2 Å². The topological polar surface area (TPSA) is 87.7 Å². The van der Waals surface area contributed by atoms with Gasteiger partial charge in [0.25, 0.3) is 0 Å². The molecule has 0 aliphatic heterocycles. The van der Waals surface area contributed by atoms with Gasteiger partial charge in [0.2, 0.25) is 5.91 Å². The predicted octanol–water partition coefficient (Wildman–Crippen LogP) is 4.02. The summed E-state index contributed by atoms with van der Waals surface area (Å²) in [4.78, 5) is 18.9. The lowest BCUT2D eigenvalue weighted by Crippen LogP contribution is -2.33. The molecular formula is C22H22N6OS. The molecule has 8 heteroatoms. The predicted molar refractivity (Wildman–Crippen MR) is 116 cm³/mol. The zero-order valence-corrected chi connectivity index (χ0v) is 17.5. The van der Waals surface area contributed by atoms with Gasteiger partial charge in [0.15, 0.2) is 11.0 Å². The molecule has 1 amide bonds. The molecule has 7 nitrogen and oxygen atoms in total. The molecule has 2 aromatic heterocycles. The first-order valence-corrected chi connectivity index (χ1v) is 10.9. The van der Waals surface area contributed by atoms with Crippen LogP contribution in [0.25, 0.3) is 11.4 Å². The Labute approximate surface area is 179 Å². The van der Waals surface area contributed by atoms with Gasteiger partial charge in [0.05, 0.1) is 18.2 Å². The molecular weight excluding hydrogens is 396 g/mol. The molecule has 0 radical (unpaired) electrons. The van der Waals surface area contributed by atoms with Crippen LogP contribution in [0.15, 0.2) is 53.9 Å². The number of nitrogens with zero attached hydrogens (tertiary/aromatic N) is 6. The first-order valence-electron chi connectivity index (χ1n) is 9.89. The number of rotatable bonds is 8. The van der Waals surface area contributed by atoms with Crippen LogP contribution in [0.3, 0.4) is 0 Å². The number of aryl methyl sites for hydroxylation is 1. The summed E-state index contributed by atoms with van der Waals surface area (Å²) in [6.07, 6.45) is 5.97. The van der Waals surface area contributed by atoms with Crippen molar-refractivity contribution in [2.24, 2.45) is 0 Å². The Morgan fingerprint density at radius 3 is 2.73 bits per heavy atom. The molecule has 0 N–H and O–H groups in total. The molecule has 30 heavy (non-hydrogen) atoms. The number of pyridine rings is 1. The van der Waals surface area contributed by atoms with Crippen molar-refractivity contribution >= 4 is 23.4 Å². The summed E-state index contributed by atoms with van der Waals surface area (Å²) in [7, 11) is 0. The van der Waals surface area contributed by atoms with E-state index in [4.69, 9.17) is 5.26 Å². The van der Waals surface area contributed by atoms with E-state index in [1.165, 1.54) is 11.8 Å². The van der Waals surface area contributed by atoms with Crippen molar-refractivity contribution < 1.29 is 4.79 Å². The highest BCUT2D eigenvalue weighted by molar-refractivity contribution is 7.99. The fraction of sp³-hybridized carbons (Fsp3) is 0.318. The van der Waals surface area contributed by atoms with Gasteiger partial charge in [-0.2, -0.15) is 5.26 Å². The van der Waals surface area contributed by atoms with Gasteiger partial charge >= 0.3 is 0 Å². The lowest BCUT2D eigenvalue weighted by atomic mass is 10.2. The molecule has 1 aliphatic carbocycles. The van der Waals surface area contributed by atoms with Gasteiger partial charge in [-0.3, -0.25) is 14.3 Å². The number of carbonyl (C=O) groups excluding carboxylic acids is 1. The number of carbonyl (C=O) groups is 1. The zero-order valence-electron chi connectivity index (χ0n) is 16.7. The summed E-state index contributed by atoms with van der Waals surface area (Å²) in [5, 5.41) is 18.5. The van der Waals surface area contributed by atoms with Crippen molar-refractivity contribution in [3.8, 4) is 17.5 Å². The monoisotopic (exact) mass is 418 g/mol. The third kappa shape index (κ3) is 4.52. The van der Waals surface area contributed by atoms with E-state index in [-0.39, 0.29) is 18.1 Å². The van der Waals surface area contributed by atoms with E-state index in [0.29, 0.717) is 12.6 Å². The van der Waals surface area contributed by atoms with Gasteiger partial charge < -0.3 is 4.90 Å². The van der Waals surface area contributed by atoms with Crippen molar-refractivity contribution in [1.29, 1.82) is 5.26 Å². The molecule has 1 fully saturated rings. The molecule has 0 bridgehead atoms. The Morgan fingerprint density at radius 2 is 2.07 bits per heavy atom. The maximum Gasteiger partial charge on any atom is 0.237 e. The molecule has 0 atom stereocenters. The molecule has 2 heterocycles. The SMILES string of the molecule is Cc1ccc(N(CCC#N)C(=O)CSc2nnc(-c3cccnc3)n2C2CC2)cc1. The normalized spacial score (nSPS) is 13.1. The average molecular weight is 419 g/mol. The number of nitriles is 1. The molecule has 0 unspecified atom stereocenters. The van der Waals surface area contributed by atoms with Gasteiger partial charge in [-0.15, -0.1) is 10.2 Å². The molecule has 1 aromatic carbocycles. The van der Waals surface area contributed by atoms with Crippen molar-refractivity contribution in [3.05, 3.63) is 54.4 Å². The lowest BCUT2D eigenvalue weighted by Gasteiger charge is -2.22. The minimum absolute atomic E-state index is 0.0487. The number of benzene rings is 1. The smallest absolute Gasteiger partial charge is 0.237 e. The molecule has 3 aromatic rings. The van der Waals surface area contributed by atoms with E-state index < -0.39 is 0 Å². The van der Waals surface area contributed by atoms with E-state index in [9.17, 15) is 4.79 Å². The van der Waals surface area contributed by atoms with Crippen LogP contribution in [-0.4, -0.2) is 38.0 Å². The summed E-state index contributed by atoms with van der Waals surface area (Å²) in [6, 6.07) is 14.1. The van der Waals surface area contributed by atoms with E-state index in [1.807, 2.05) is 43.3 Å². The largest absolute Gasteiger partial charge is 0.311 e. The minimum atomic E-state index is -0.0487. The van der Waals surface area contributed by atoms with E-state index in [2.05, 4.69) is 25.8 Å². The Hall–Kier alpha value is -3.18. The Bertz CT molecular complexity index is 1050. The highest BCUT2D eigenvalue weighted by atomic mass is 32.2. The third-order valence-corrected chi connectivity index (χ3v) is 5.84. The Morgan fingerprint density at radius 1 is 1.27 bits per heavy atom. The van der Waals surface area contributed by atoms with Gasteiger partial charge in [-0.25, -0.2) is 0 Å². The number of amides is 1. The molecule has 0 spiro atoms. The highest BCUT2D eigenvalue weighted by Gasteiger charge is 2.30. The van der Waals surface area contributed by atoms with Gasteiger partial charge in [-0.1, -0.05) is 29.5 Å². The van der Waals surface area contributed by atoms with Crippen LogP contribution in [0, 0.1) is 18.3 Å². The number of anilines is 1. The fourth-order valence-electron chi connectivity index (χ4n) is 3.22. The number of aromatic nitrogens is 4. The second-order valence-electron chi connectivity index (χ2n) is 7.23. The van der Waals surface area contributed by atoms with Crippen LogP contribution in [0.5, 0.6) is 0 Å². The summed E-state index contributed by atoms with van der Waals surface area (Å²) < 4.78 is 2.13. The molecule has 4 rings (SSSR count). The van der Waals surface area contributed by atoms with Crippen LogP contribution in [0.1, 0.15) is 30.9 Å². The average Bonchev–Trinajstić information content (AvgIpc) is 3.53. The third-order valence-electron chi connectivity index (χ3n) is 4.91. The second kappa shape index (κ2) is 9.09. The second-order valence-corrected chi connectivity index (χ2v) is 8.17. The highest BCUT2D eigenvalue weighted by Crippen LogP contribution is 2.41. The molecule has 152 valence electrons. The number of hydrogen-bond donors (Lipinski definition) is 0.